The van der Waals surface area contributed by atoms with Gasteiger partial charge in [0.1, 0.15) is 5.75 Å². The second-order valence-corrected chi connectivity index (χ2v) is 10.9. The SMILES string of the molecule is CC(=O)Nc1ccn(C(=O)N2CCC3(CCCN3Cc3cc(C)cc(OC4CCCCC4)c3)CC2)n1. The lowest BCUT2D eigenvalue weighted by Crippen LogP contribution is -2.53. The minimum Gasteiger partial charge on any atom is -0.490 e. The number of aromatic nitrogens is 2. The van der Waals surface area contributed by atoms with Crippen molar-refractivity contribution in [1.82, 2.24) is 19.6 Å². The average Bonchev–Trinajstić information content (AvgIpc) is 3.46. The Morgan fingerprint density at radius 3 is 2.58 bits per heavy atom. The van der Waals surface area contributed by atoms with Gasteiger partial charge in [-0.25, -0.2) is 4.79 Å². The predicted molar refractivity (Wildman–Crippen MR) is 139 cm³/mol. The summed E-state index contributed by atoms with van der Waals surface area (Å²) in [4.78, 5) is 28.8. The van der Waals surface area contributed by atoms with Crippen LogP contribution in [0.3, 0.4) is 0 Å². The molecule has 0 unspecified atom stereocenters. The molecule has 8 heteroatoms. The quantitative estimate of drug-likeness (QED) is 0.637. The van der Waals surface area contributed by atoms with Crippen LogP contribution in [0.5, 0.6) is 5.75 Å². The number of likely N-dealkylation sites (tertiary alicyclic amines) is 2. The van der Waals surface area contributed by atoms with Crippen LogP contribution in [0.25, 0.3) is 0 Å². The van der Waals surface area contributed by atoms with Gasteiger partial charge in [0.15, 0.2) is 5.82 Å². The Kier molecular flexibility index (Phi) is 7.32. The van der Waals surface area contributed by atoms with Gasteiger partial charge in [0.2, 0.25) is 5.91 Å². The Morgan fingerprint density at radius 1 is 1.06 bits per heavy atom. The van der Waals surface area contributed by atoms with Crippen molar-refractivity contribution in [2.75, 3.05) is 25.0 Å². The van der Waals surface area contributed by atoms with Crippen LogP contribution >= 0.6 is 0 Å². The number of nitrogens with zero attached hydrogens (tertiary/aromatic N) is 4. The minimum absolute atomic E-state index is 0.130. The third kappa shape index (κ3) is 5.59. The first-order valence-electron chi connectivity index (χ1n) is 13.6. The molecule has 1 spiro atoms. The van der Waals surface area contributed by atoms with Gasteiger partial charge < -0.3 is 15.0 Å². The predicted octanol–water partition coefficient (Wildman–Crippen LogP) is 4.96. The number of carbonyl (C=O) groups is 2. The van der Waals surface area contributed by atoms with Crippen LogP contribution in [-0.2, 0) is 11.3 Å². The van der Waals surface area contributed by atoms with Crippen LogP contribution < -0.4 is 10.1 Å². The number of nitrogens with one attached hydrogen (secondary N) is 1. The standard InChI is InChI=1S/C28H39N5O3/c1-21-17-23(19-25(18-21)36-24-7-4-3-5-8-24)20-32-13-6-10-28(32)11-15-31(16-12-28)27(35)33-14-9-26(30-33)29-22(2)34/h9,14,17-19,24H,3-8,10-13,15-16,20H2,1-2H3,(H,29,30,34). The Balaban J connectivity index is 1.21. The molecule has 36 heavy (non-hydrogen) atoms. The van der Waals surface area contributed by atoms with E-state index in [4.69, 9.17) is 4.74 Å². The summed E-state index contributed by atoms with van der Waals surface area (Å²) in [6.07, 6.45) is 12.5. The van der Waals surface area contributed by atoms with Gasteiger partial charge in [0, 0.05) is 44.4 Å². The molecule has 2 aliphatic heterocycles. The number of hydrogen-bond donors (Lipinski definition) is 1. The fourth-order valence-corrected chi connectivity index (χ4v) is 6.32. The van der Waals surface area contributed by atoms with Crippen molar-refractivity contribution in [1.29, 1.82) is 0 Å². The van der Waals surface area contributed by atoms with E-state index in [1.807, 2.05) is 4.90 Å². The molecule has 3 heterocycles. The number of rotatable bonds is 5. The molecule has 1 aromatic carbocycles. The maximum absolute atomic E-state index is 13.0. The highest BCUT2D eigenvalue weighted by Crippen LogP contribution is 2.40. The van der Waals surface area contributed by atoms with Gasteiger partial charge in [-0.1, -0.05) is 12.5 Å². The first-order valence-corrected chi connectivity index (χ1v) is 13.6. The highest BCUT2D eigenvalue weighted by atomic mass is 16.5. The van der Waals surface area contributed by atoms with Crippen LogP contribution in [0.15, 0.2) is 30.5 Å². The molecule has 2 aromatic rings. The second-order valence-electron chi connectivity index (χ2n) is 10.9. The largest absolute Gasteiger partial charge is 0.490 e. The highest BCUT2D eigenvalue weighted by molar-refractivity contribution is 5.88. The zero-order chi connectivity index (χ0) is 25.1. The average molecular weight is 494 g/mol. The summed E-state index contributed by atoms with van der Waals surface area (Å²) in [5, 5.41) is 6.84. The van der Waals surface area contributed by atoms with Gasteiger partial charge in [-0.15, -0.1) is 5.10 Å². The molecule has 5 rings (SSSR count). The van der Waals surface area contributed by atoms with E-state index in [1.54, 1.807) is 12.3 Å². The maximum atomic E-state index is 13.0. The molecule has 1 saturated carbocycles. The van der Waals surface area contributed by atoms with Crippen LogP contribution in [0.2, 0.25) is 0 Å². The minimum atomic E-state index is -0.199. The van der Waals surface area contributed by atoms with Crippen molar-refractivity contribution in [2.24, 2.45) is 0 Å². The van der Waals surface area contributed by atoms with Crippen LogP contribution in [0.1, 0.15) is 75.8 Å². The number of hydrogen-bond acceptors (Lipinski definition) is 5. The van der Waals surface area contributed by atoms with E-state index in [-0.39, 0.29) is 17.5 Å². The van der Waals surface area contributed by atoms with Crippen molar-refractivity contribution in [3.8, 4) is 5.75 Å². The normalized spacial score (nSPS) is 20.6. The fourth-order valence-electron chi connectivity index (χ4n) is 6.32. The van der Waals surface area contributed by atoms with Gasteiger partial charge >= 0.3 is 6.03 Å². The van der Waals surface area contributed by atoms with Gasteiger partial charge in [0.05, 0.1) is 6.10 Å². The molecular weight excluding hydrogens is 454 g/mol. The summed E-state index contributed by atoms with van der Waals surface area (Å²) in [5.74, 6) is 1.22. The number of carbonyl (C=O) groups excluding carboxylic acids is 2. The van der Waals surface area contributed by atoms with Crippen molar-refractivity contribution < 1.29 is 14.3 Å². The number of aryl methyl sites for hydroxylation is 1. The smallest absolute Gasteiger partial charge is 0.344 e. The van der Waals surface area contributed by atoms with Gasteiger partial charge in [-0.3, -0.25) is 9.69 Å². The molecule has 194 valence electrons. The summed E-state index contributed by atoms with van der Waals surface area (Å²) in [6, 6.07) is 8.24. The van der Waals surface area contributed by atoms with Crippen molar-refractivity contribution in [3.05, 3.63) is 41.6 Å². The molecular formula is C28H39N5O3. The second kappa shape index (κ2) is 10.6. The van der Waals surface area contributed by atoms with E-state index in [0.29, 0.717) is 25.0 Å². The van der Waals surface area contributed by atoms with E-state index in [1.165, 1.54) is 67.7 Å². The molecule has 0 atom stereocenters. The van der Waals surface area contributed by atoms with Crippen LogP contribution in [0.4, 0.5) is 10.6 Å². The van der Waals surface area contributed by atoms with Gasteiger partial charge in [-0.2, -0.15) is 4.68 Å². The summed E-state index contributed by atoms with van der Waals surface area (Å²) < 4.78 is 7.72. The molecule has 0 radical (unpaired) electrons. The third-order valence-corrected chi connectivity index (χ3v) is 8.13. The lowest BCUT2D eigenvalue weighted by atomic mass is 9.84. The number of piperidine rings is 1. The van der Waals surface area contributed by atoms with E-state index in [2.05, 4.69) is 40.4 Å². The van der Waals surface area contributed by atoms with E-state index < -0.39 is 0 Å². The molecule has 0 bridgehead atoms. The Labute approximate surface area is 214 Å². The van der Waals surface area contributed by atoms with Gasteiger partial charge in [-0.05, 0) is 88.1 Å². The highest BCUT2D eigenvalue weighted by Gasteiger charge is 2.43. The summed E-state index contributed by atoms with van der Waals surface area (Å²) in [5.41, 5.74) is 2.73. The van der Waals surface area contributed by atoms with Crippen molar-refractivity contribution in [3.63, 3.8) is 0 Å². The Bertz CT molecular complexity index is 1080. The molecule has 1 aromatic heterocycles. The van der Waals surface area contributed by atoms with Gasteiger partial charge in [0.25, 0.3) is 0 Å². The summed E-state index contributed by atoms with van der Waals surface area (Å²) in [6.45, 7) is 7.05. The number of anilines is 1. The van der Waals surface area contributed by atoms with Crippen LogP contribution in [-0.4, -0.2) is 62.8 Å². The number of benzene rings is 1. The number of amides is 2. The van der Waals surface area contributed by atoms with E-state index >= 15 is 0 Å². The fraction of sp³-hybridized carbons (Fsp3) is 0.607. The van der Waals surface area contributed by atoms with E-state index in [9.17, 15) is 9.59 Å². The molecule has 3 fully saturated rings. The maximum Gasteiger partial charge on any atom is 0.344 e. The lowest BCUT2D eigenvalue weighted by Gasteiger charge is -2.45. The van der Waals surface area contributed by atoms with Crippen molar-refractivity contribution >= 4 is 17.8 Å². The molecule has 2 saturated heterocycles. The first-order chi connectivity index (χ1) is 17.4. The number of ether oxygens (including phenoxy) is 1. The molecule has 3 aliphatic rings. The summed E-state index contributed by atoms with van der Waals surface area (Å²) in [7, 11) is 0. The van der Waals surface area contributed by atoms with E-state index in [0.717, 1.165) is 31.7 Å². The monoisotopic (exact) mass is 493 g/mol. The zero-order valence-corrected chi connectivity index (χ0v) is 21.7. The zero-order valence-electron chi connectivity index (χ0n) is 21.7. The molecule has 8 nitrogen and oxygen atoms in total. The lowest BCUT2D eigenvalue weighted by molar-refractivity contribution is -0.114. The summed E-state index contributed by atoms with van der Waals surface area (Å²) >= 11 is 0. The Hall–Kier alpha value is -2.87. The topological polar surface area (TPSA) is 79.7 Å². The van der Waals surface area contributed by atoms with Crippen LogP contribution in [0, 0.1) is 6.92 Å². The third-order valence-electron chi connectivity index (χ3n) is 8.13. The molecule has 2 amide bonds. The molecule has 1 aliphatic carbocycles. The van der Waals surface area contributed by atoms with Crippen molar-refractivity contribution in [2.45, 2.75) is 89.8 Å². The Morgan fingerprint density at radius 2 is 1.83 bits per heavy atom. The first kappa shape index (κ1) is 24.8. The molecule has 1 N–H and O–H groups in total.